The van der Waals surface area contributed by atoms with Gasteiger partial charge in [0.2, 0.25) is 8.27 Å². The molecular weight excluding hydrogens is 336 g/mol. The zero-order chi connectivity index (χ0) is 14.3. The van der Waals surface area contributed by atoms with Crippen LogP contribution in [-0.4, -0.2) is 27.6 Å². The summed E-state index contributed by atoms with van der Waals surface area (Å²) in [6.07, 6.45) is 0. The van der Waals surface area contributed by atoms with Crippen LogP contribution in [0.15, 0.2) is 29.2 Å². The van der Waals surface area contributed by atoms with Crippen LogP contribution in [0.1, 0.15) is 6.92 Å². The van der Waals surface area contributed by atoms with Gasteiger partial charge < -0.3 is 9.47 Å². The lowest BCUT2D eigenvalue weighted by atomic mass is 10.3. The van der Waals surface area contributed by atoms with E-state index in [1.54, 1.807) is 0 Å². The Balaban J connectivity index is 2.44. The standard InChI is InChI=1S/C12H11BrO5S/c1-10(14)17-8-2-3-9-18-11-4-6-12(7-5-11)19(13,15)16/h4-7H,8-9H2,1H3. The number of benzene rings is 1. The van der Waals surface area contributed by atoms with E-state index in [0.29, 0.717) is 5.75 Å². The van der Waals surface area contributed by atoms with Crippen LogP contribution in [0.25, 0.3) is 0 Å². The number of carbonyl (C=O) groups is 1. The van der Waals surface area contributed by atoms with Crippen molar-refractivity contribution in [2.75, 3.05) is 13.2 Å². The monoisotopic (exact) mass is 346 g/mol. The highest BCUT2D eigenvalue weighted by Crippen LogP contribution is 2.20. The topological polar surface area (TPSA) is 69.7 Å². The van der Waals surface area contributed by atoms with Crippen molar-refractivity contribution in [1.82, 2.24) is 0 Å². The van der Waals surface area contributed by atoms with Gasteiger partial charge in [0.05, 0.1) is 19.7 Å². The molecule has 0 aliphatic carbocycles. The van der Waals surface area contributed by atoms with E-state index < -0.39 is 8.27 Å². The van der Waals surface area contributed by atoms with Gasteiger partial charge in [-0.25, -0.2) is 8.42 Å². The van der Waals surface area contributed by atoms with Gasteiger partial charge in [-0.15, -0.1) is 0 Å². The summed E-state index contributed by atoms with van der Waals surface area (Å²) >= 11 is 2.57. The zero-order valence-electron chi connectivity index (χ0n) is 10.1. The molecule has 0 N–H and O–H groups in total. The first-order valence-electron chi connectivity index (χ1n) is 5.16. The molecule has 5 nitrogen and oxygen atoms in total. The minimum atomic E-state index is -3.38. The second kappa shape index (κ2) is 7.16. The highest BCUT2D eigenvalue weighted by molar-refractivity contribution is 9.47. The largest absolute Gasteiger partial charge is 0.481 e. The molecule has 0 fully saturated rings. The average molecular weight is 347 g/mol. The van der Waals surface area contributed by atoms with E-state index in [-0.39, 0.29) is 24.1 Å². The SMILES string of the molecule is CC(=O)OCC#CCOc1ccc(S(=O)(=O)Br)cc1. The lowest BCUT2D eigenvalue weighted by Crippen LogP contribution is -1.99. The summed E-state index contributed by atoms with van der Waals surface area (Å²) in [7, 11) is -3.38. The quantitative estimate of drug-likeness (QED) is 0.471. The first kappa shape index (κ1) is 15.5. The molecule has 7 heteroatoms. The van der Waals surface area contributed by atoms with Crippen molar-refractivity contribution in [2.45, 2.75) is 11.8 Å². The van der Waals surface area contributed by atoms with Crippen molar-refractivity contribution >= 4 is 29.1 Å². The van der Waals surface area contributed by atoms with Crippen LogP contribution in [0.4, 0.5) is 0 Å². The summed E-state index contributed by atoms with van der Waals surface area (Å²) in [5.74, 6) is 5.37. The summed E-state index contributed by atoms with van der Waals surface area (Å²) in [6.45, 7) is 1.46. The lowest BCUT2D eigenvalue weighted by molar-refractivity contribution is -0.139. The van der Waals surface area contributed by atoms with Gasteiger partial charge in [0.1, 0.15) is 12.4 Å². The zero-order valence-corrected chi connectivity index (χ0v) is 12.5. The van der Waals surface area contributed by atoms with E-state index in [2.05, 4.69) is 31.4 Å². The first-order chi connectivity index (χ1) is 8.89. The van der Waals surface area contributed by atoms with Crippen LogP contribution in [0, 0.1) is 11.8 Å². The number of esters is 1. The maximum Gasteiger partial charge on any atom is 0.303 e. The molecule has 102 valence electrons. The summed E-state index contributed by atoms with van der Waals surface area (Å²) in [6, 6.07) is 5.90. The van der Waals surface area contributed by atoms with Crippen molar-refractivity contribution in [3.05, 3.63) is 24.3 Å². The molecule has 19 heavy (non-hydrogen) atoms. The van der Waals surface area contributed by atoms with Gasteiger partial charge in [-0.2, -0.15) is 0 Å². The van der Waals surface area contributed by atoms with Crippen molar-refractivity contribution in [2.24, 2.45) is 0 Å². The second-order valence-electron chi connectivity index (χ2n) is 3.33. The maximum atomic E-state index is 11.1. The van der Waals surface area contributed by atoms with Crippen molar-refractivity contribution < 1.29 is 22.7 Å². The fourth-order valence-corrected chi connectivity index (χ4v) is 2.17. The highest BCUT2D eigenvalue weighted by atomic mass is 79.9. The summed E-state index contributed by atoms with van der Waals surface area (Å²) in [5.41, 5.74) is 0. The third kappa shape index (κ3) is 6.27. The predicted molar refractivity (Wildman–Crippen MR) is 72.5 cm³/mol. The highest BCUT2D eigenvalue weighted by Gasteiger charge is 2.08. The molecule has 1 rings (SSSR count). The number of carbonyl (C=O) groups excluding carboxylic acids is 1. The van der Waals surface area contributed by atoms with Crippen molar-refractivity contribution in [1.29, 1.82) is 0 Å². The molecule has 0 atom stereocenters. The van der Waals surface area contributed by atoms with Crippen LogP contribution in [0.5, 0.6) is 5.75 Å². The summed E-state index contributed by atoms with van der Waals surface area (Å²) < 4.78 is 32.2. The molecule has 0 bridgehead atoms. The molecule has 1 aromatic rings. The van der Waals surface area contributed by atoms with Crippen LogP contribution in [0.2, 0.25) is 0 Å². The number of hydrogen-bond donors (Lipinski definition) is 0. The maximum absolute atomic E-state index is 11.1. The number of hydrogen-bond acceptors (Lipinski definition) is 5. The average Bonchev–Trinajstić information content (AvgIpc) is 2.32. The molecule has 0 radical (unpaired) electrons. The fourth-order valence-electron chi connectivity index (χ4n) is 1.06. The van der Waals surface area contributed by atoms with Gasteiger partial charge in [0.25, 0.3) is 0 Å². The Hall–Kier alpha value is -1.52. The molecule has 0 amide bonds. The van der Waals surface area contributed by atoms with Gasteiger partial charge in [0.15, 0.2) is 6.61 Å². The Bertz CT molecular complexity index is 595. The summed E-state index contributed by atoms with van der Waals surface area (Å²) in [5, 5.41) is 0. The molecule has 1 aromatic carbocycles. The molecule has 0 saturated carbocycles. The molecule has 0 heterocycles. The van der Waals surface area contributed by atoms with Crippen LogP contribution in [0.3, 0.4) is 0 Å². The lowest BCUT2D eigenvalue weighted by Gasteiger charge is -2.02. The van der Waals surface area contributed by atoms with Gasteiger partial charge in [0, 0.05) is 6.92 Å². The first-order valence-corrected chi connectivity index (χ1v) is 8.49. The third-order valence-electron chi connectivity index (χ3n) is 1.89. The minimum Gasteiger partial charge on any atom is -0.481 e. The Morgan fingerprint density at radius 3 is 2.32 bits per heavy atom. The van der Waals surface area contributed by atoms with E-state index >= 15 is 0 Å². The van der Waals surface area contributed by atoms with E-state index in [4.69, 9.17) is 4.74 Å². The molecule has 0 saturated heterocycles. The predicted octanol–water partition coefficient (Wildman–Crippen LogP) is 1.72. The van der Waals surface area contributed by atoms with E-state index in [1.165, 1.54) is 31.2 Å². The number of halogens is 1. The minimum absolute atomic E-state index is 0.0272. The number of ether oxygens (including phenoxy) is 2. The molecule has 0 aliphatic heterocycles. The Kier molecular flexibility index (Phi) is 5.86. The van der Waals surface area contributed by atoms with E-state index in [0.717, 1.165) is 0 Å². The normalized spacial score (nSPS) is 10.2. The smallest absolute Gasteiger partial charge is 0.303 e. The van der Waals surface area contributed by atoms with Crippen LogP contribution >= 0.6 is 14.8 Å². The van der Waals surface area contributed by atoms with E-state index in [9.17, 15) is 13.2 Å². The van der Waals surface area contributed by atoms with Crippen molar-refractivity contribution in [3.8, 4) is 17.6 Å². The molecular formula is C12H11BrO5S. The Labute approximate surface area is 119 Å². The molecule has 0 aliphatic rings. The molecule has 0 unspecified atom stereocenters. The number of rotatable bonds is 4. The van der Waals surface area contributed by atoms with Gasteiger partial charge >= 0.3 is 5.97 Å². The second-order valence-corrected chi connectivity index (χ2v) is 7.24. The summed E-state index contributed by atoms with van der Waals surface area (Å²) in [4.78, 5) is 10.6. The Morgan fingerprint density at radius 2 is 1.79 bits per heavy atom. The van der Waals surface area contributed by atoms with Crippen LogP contribution < -0.4 is 4.74 Å². The Morgan fingerprint density at radius 1 is 1.21 bits per heavy atom. The molecule has 0 spiro atoms. The fraction of sp³-hybridized carbons (Fsp3) is 0.250. The van der Waals surface area contributed by atoms with Gasteiger partial charge in [-0.05, 0) is 24.3 Å². The van der Waals surface area contributed by atoms with Crippen molar-refractivity contribution in [3.63, 3.8) is 0 Å². The van der Waals surface area contributed by atoms with Crippen LogP contribution in [-0.2, 0) is 17.8 Å². The van der Waals surface area contributed by atoms with Gasteiger partial charge in [-0.3, -0.25) is 4.79 Å². The third-order valence-corrected chi connectivity index (χ3v) is 3.85. The van der Waals surface area contributed by atoms with E-state index in [1.807, 2.05) is 0 Å². The molecule has 0 aromatic heterocycles. The van der Waals surface area contributed by atoms with Gasteiger partial charge in [-0.1, -0.05) is 11.8 Å².